The summed E-state index contributed by atoms with van der Waals surface area (Å²) in [4.78, 5) is 7.01. The van der Waals surface area contributed by atoms with Gasteiger partial charge in [-0.15, -0.1) is 0 Å². The summed E-state index contributed by atoms with van der Waals surface area (Å²) in [6.45, 7) is 7.19. The van der Waals surface area contributed by atoms with Crippen molar-refractivity contribution in [3.63, 3.8) is 0 Å². The fourth-order valence-corrected chi connectivity index (χ4v) is 2.76. The summed E-state index contributed by atoms with van der Waals surface area (Å²) in [5.41, 5.74) is 1.26. The molecule has 1 aliphatic rings. The Morgan fingerprint density at radius 3 is 3.05 bits per heavy atom. The molecule has 112 valence electrons. The van der Waals surface area contributed by atoms with Crippen molar-refractivity contribution in [1.82, 2.24) is 10.3 Å². The lowest BCUT2D eigenvalue weighted by Crippen LogP contribution is -2.37. The third-order valence-corrected chi connectivity index (χ3v) is 3.81. The molecule has 1 aromatic rings. The lowest BCUT2D eigenvalue weighted by atomic mass is 9.99. The number of methoxy groups -OCH3 is 1. The number of nitrogens with one attached hydrogen (secondary N) is 1. The van der Waals surface area contributed by atoms with E-state index < -0.39 is 0 Å². The highest BCUT2D eigenvalue weighted by atomic mass is 16.5. The van der Waals surface area contributed by atoms with Crippen LogP contribution in [-0.4, -0.2) is 38.3 Å². The van der Waals surface area contributed by atoms with Crippen LogP contribution in [0.1, 0.15) is 31.7 Å². The van der Waals surface area contributed by atoms with E-state index in [2.05, 4.69) is 34.3 Å². The number of rotatable bonds is 7. The van der Waals surface area contributed by atoms with E-state index in [0.717, 1.165) is 38.6 Å². The quantitative estimate of drug-likeness (QED) is 0.777. The van der Waals surface area contributed by atoms with E-state index in [4.69, 9.17) is 4.74 Å². The van der Waals surface area contributed by atoms with Gasteiger partial charge in [-0.2, -0.15) is 0 Å². The number of nitrogens with zero attached hydrogens (tertiary/aromatic N) is 2. The molecule has 0 saturated carbocycles. The van der Waals surface area contributed by atoms with Gasteiger partial charge in [0.25, 0.3) is 0 Å². The fourth-order valence-electron chi connectivity index (χ4n) is 2.76. The molecule has 0 amide bonds. The Morgan fingerprint density at radius 1 is 1.45 bits per heavy atom. The lowest BCUT2D eigenvalue weighted by Gasteiger charge is -2.33. The highest BCUT2D eigenvalue weighted by Crippen LogP contribution is 2.21. The summed E-state index contributed by atoms with van der Waals surface area (Å²) in [5, 5.41) is 3.40. The highest BCUT2D eigenvalue weighted by molar-refractivity contribution is 5.39. The molecule has 2 heterocycles. The van der Waals surface area contributed by atoms with Gasteiger partial charge in [-0.25, -0.2) is 4.98 Å². The predicted molar refractivity (Wildman–Crippen MR) is 83.0 cm³/mol. The van der Waals surface area contributed by atoms with Crippen LogP contribution in [0.4, 0.5) is 5.82 Å². The Labute approximate surface area is 122 Å². The Morgan fingerprint density at radius 2 is 2.35 bits per heavy atom. The first-order valence-electron chi connectivity index (χ1n) is 7.73. The molecule has 4 nitrogen and oxygen atoms in total. The minimum Gasteiger partial charge on any atom is -0.384 e. The normalized spacial score (nSPS) is 19.3. The van der Waals surface area contributed by atoms with Crippen molar-refractivity contribution < 1.29 is 4.74 Å². The summed E-state index contributed by atoms with van der Waals surface area (Å²) in [6.07, 6.45) is 5.66. The number of aromatic nitrogens is 1. The SMILES string of the molecule is CCCNCc1ccc(N2CCCC(COC)C2)nc1. The molecular formula is C16H27N3O. The van der Waals surface area contributed by atoms with Gasteiger partial charge in [-0.1, -0.05) is 13.0 Å². The van der Waals surface area contributed by atoms with Crippen LogP contribution in [0.15, 0.2) is 18.3 Å². The molecule has 1 atom stereocenters. The van der Waals surface area contributed by atoms with Crippen LogP contribution in [-0.2, 0) is 11.3 Å². The molecule has 1 N–H and O–H groups in total. The summed E-state index contributed by atoms with van der Waals surface area (Å²) < 4.78 is 5.28. The van der Waals surface area contributed by atoms with E-state index >= 15 is 0 Å². The second kappa shape index (κ2) is 8.22. The van der Waals surface area contributed by atoms with Gasteiger partial charge in [0.15, 0.2) is 0 Å². The van der Waals surface area contributed by atoms with Crippen molar-refractivity contribution in [3.05, 3.63) is 23.9 Å². The maximum atomic E-state index is 5.28. The summed E-state index contributed by atoms with van der Waals surface area (Å²) in [5.74, 6) is 1.74. The third kappa shape index (κ3) is 4.46. The molecular weight excluding hydrogens is 250 g/mol. The molecule has 1 fully saturated rings. The Bertz CT molecular complexity index is 378. The summed E-state index contributed by atoms with van der Waals surface area (Å²) in [6, 6.07) is 4.34. The van der Waals surface area contributed by atoms with Gasteiger partial charge in [-0.3, -0.25) is 0 Å². The first kappa shape index (κ1) is 15.3. The van der Waals surface area contributed by atoms with Crippen LogP contribution in [0.3, 0.4) is 0 Å². The maximum absolute atomic E-state index is 5.28. The highest BCUT2D eigenvalue weighted by Gasteiger charge is 2.20. The number of anilines is 1. The molecule has 1 aliphatic heterocycles. The fraction of sp³-hybridized carbons (Fsp3) is 0.688. The van der Waals surface area contributed by atoms with Crippen LogP contribution in [0.25, 0.3) is 0 Å². The first-order valence-corrected chi connectivity index (χ1v) is 7.73. The van der Waals surface area contributed by atoms with Gasteiger partial charge in [0.2, 0.25) is 0 Å². The number of pyridine rings is 1. The molecule has 0 aliphatic carbocycles. The molecule has 1 unspecified atom stereocenters. The zero-order chi connectivity index (χ0) is 14.2. The van der Waals surface area contributed by atoms with Gasteiger partial charge < -0.3 is 15.0 Å². The molecule has 0 bridgehead atoms. The Kier molecular flexibility index (Phi) is 6.27. The largest absolute Gasteiger partial charge is 0.384 e. The predicted octanol–water partition coefficient (Wildman–Crippen LogP) is 2.44. The van der Waals surface area contributed by atoms with Crippen LogP contribution >= 0.6 is 0 Å². The van der Waals surface area contributed by atoms with Crippen molar-refractivity contribution in [3.8, 4) is 0 Å². The van der Waals surface area contributed by atoms with E-state index in [1.165, 1.54) is 24.8 Å². The Hall–Kier alpha value is -1.13. The number of piperidine rings is 1. The van der Waals surface area contributed by atoms with Crippen LogP contribution < -0.4 is 10.2 Å². The zero-order valence-corrected chi connectivity index (χ0v) is 12.8. The Balaban J connectivity index is 1.88. The standard InChI is InChI=1S/C16H27N3O/c1-3-8-17-10-14-6-7-16(18-11-14)19-9-4-5-15(12-19)13-20-2/h6-7,11,15,17H,3-5,8-10,12-13H2,1-2H3. The van der Waals surface area contributed by atoms with Gasteiger partial charge in [0.05, 0.1) is 6.61 Å². The molecule has 1 aromatic heterocycles. The molecule has 0 radical (unpaired) electrons. The average Bonchev–Trinajstić information content (AvgIpc) is 2.49. The monoisotopic (exact) mass is 277 g/mol. The van der Waals surface area contributed by atoms with E-state index in [9.17, 15) is 0 Å². The number of hydrogen-bond donors (Lipinski definition) is 1. The van der Waals surface area contributed by atoms with Crippen molar-refractivity contribution in [1.29, 1.82) is 0 Å². The number of hydrogen-bond acceptors (Lipinski definition) is 4. The van der Waals surface area contributed by atoms with Crippen molar-refractivity contribution in [2.24, 2.45) is 5.92 Å². The second-order valence-corrected chi connectivity index (χ2v) is 5.61. The molecule has 0 spiro atoms. The van der Waals surface area contributed by atoms with Crippen LogP contribution in [0, 0.1) is 5.92 Å². The van der Waals surface area contributed by atoms with E-state index in [1.54, 1.807) is 7.11 Å². The number of ether oxygens (including phenoxy) is 1. The van der Waals surface area contributed by atoms with Gasteiger partial charge >= 0.3 is 0 Å². The smallest absolute Gasteiger partial charge is 0.128 e. The summed E-state index contributed by atoms with van der Waals surface area (Å²) in [7, 11) is 1.79. The lowest BCUT2D eigenvalue weighted by molar-refractivity contribution is 0.143. The zero-order valence-electron chi connectivity index (χ0n) is 12.8. The van der Waals surface area contributed by atoms with Crippen LogP contribution in [0.5, 0.6) is 0 Å². The maximum Gasteiger partial charge on any atom is 0.128 e. The van der Waals surface area contributed by atoms with E-state index in [-0.39, 0.29) is 0 Å². The molecule has 4 heteroatoms. The van der Waals surface area contributed by atoms with Crippen molar-refractivity contribution >= 4 is 5.82 Å². The molecule has 2 rings (SSSR count). The molecule has 0 aromatic carbocycles. The average molecular weight is 277 g/mol. The summed E-state index contributed by atoms with van der Waals surface area (Å²) >= 11 is 0. The molecule has 1 saturated heterocycles. The van der Waals surface area contributed by atoms with Gasteiger partial charge in [0, 0.05) is 32.9 Å². The molecule has 20 heavy (non-hydrogen) atoms. The second-order valence-electron chi connectivity index (χ2n) is 5.61. The minimum atomic E-state index is 0.640. The van der Waals surface area contributed by atoms with Gasteiger partial charge in [-0.05, 0) is 43.4 Å². The minimum absolute atomic E-state index is 0.640. The topological polar surface area (TPSA) is 37.4 Å². The van der Waals surface area contributed by atoms with Crippen LogP contribution in [0.2, 0.25) is 0 Å². The first-order chi connectivity index (χ1) is 9.83. The van der Waals surface area contributed by atoms with Gasteiger partial charge in [0.1, 0.15) is 5.82 Å². The van der Waals surface area contributed by atoms with E-state index in [1.807, 2.05) is 6.20 Å². The van der Waals surface area contributed by atoms with E-state index in [0.29, 0.717) is 5.92 Å². The van der Waals surface area contributed by atoms with Crippen molar-refractivity contribution in [2.75, 3.05) is 38.3 Å². The van der Waals surface area contributed by atoms with Crippen molar-refractivity contribution in [2.45, 2.75) is 32.7 Å². The third-order valence-electron chi connectivity index (χ3n) is 3.81.